The molecular weight excluding hydrogens is 435 g/mol. The van der Waals surface area contributed by atoms with Crippen molar-refractivity contribution in [2.75, 3.05) is 11.9 Å². The van der Waals surface area contributed by atoms with Crippen molar-refractivity contribution in [1.82, 2.24) is 4.72 Å². The van der Waals surface area contributed by atoms with Gasteiger partial charge in [0.15, 0.2) is 6.61 Å². The lowest BCUT2D eigenvalue weighted by Gasteiger charge is -2.12. The molecule has 10 heteroatoms. The Hall–Kier alpha value is -1.51. The Kier molecular flexibility index (Phi) is 7.36. The van der Waals surface area contributed by atoms with Crippen LogP contribution in [0.15, 0.2) is 41.3 Å². The molecule has 146 valence electrons. The van der Waals surface area contributed by atoms with Gasteiger partial charge in [0.2, 0.25) is 10.0 Å². The van der Waals surface area contributed by atoms with Crippen LogP contribution >= 0.6 is 34.8 Å². The number of amides is 1. The minimum Gasteiger partial charge on any atom is -0.482 e. The van der Waals surface area contributed by atoms with E-state index in [1.54, 1.807) is 32.0 Å². The van der Waals surface area contributed by atoms with E-state index < -0.39 is 15.9 Å². The molecule has 0 atom stereocenters. The third-order valence-electron chi connectivity index (χ3n) is 3.19. The monoisotopic (exact) mass is 450 g/mol. The van der Waals surface area contributed by atoms with Gasteiger partial charge < -0.3 is 10.1 Å². The fourth-order valence-electron chi connectivity index (χ4n) is 2.07. The summed E-state index contributed by atoms with van der Waals surface area (Å²) < 4.78 is 32.1. The molecule has 0 unspecified atom stereocenters. The van der Waals surface area contributed by atoms with E-state index in [1.165, 1.54) is 18.2 Å². The zero-order chi connectivity index (χ0) is 20.2. The van der Waals surface area contributed by atoms with E-state index in [4.69, 9.17) is 39.5 Å². The molecule has 0 saturated heterocycles. The summed E-state index contributed by atoms with van der Waals surface area (Å²) in [5, 5.41) is 3.16. The molecule has 0 radical (unpaired) electrons. The maximum absolute atomic E-state index is 12.1. The van der Waals surface area contributed by atoms with E-state index in [1.807, 2.05) is 0 Å². The Morgan fingerprint density at radius 1 is 1.11 bits per heavy atom. The topological polar surface area (TPSA) is 84.5 Å². The number of hydrogen-bond acceptors (Lipinski definition) is 4. The van der Waals surface area contributed by atoms with Crippen molar-refractivity contribution >= 4 is 56.4 Å². The van der Waals surface area contributed by atoms with Crippen molar-refractivity contribution < 1.29 is 17.9 Å². The van der Waals surface area contributed by atoms with Crippen molar-refractivity contribution in [3.8, 4) is 5.75 Å². The summed E-state index contributed by atoms with van der Waals surface area (Å²) in [5.41, 5.74) is 0.352. The van der Waals surface area contributed by atoms with Crippen LogP contribution < -0.4 is 14.8 Å². The number of halogens is 3. The van der Waals surface area contributed by atoms with Gasteiger partial charge in [-0.1, -0.05) is 40.9 Å². The highest BCUT2D eigenvalue weighted by molar-refractivity contribution is 7.89. The molecular formula is C17H17Cl3N2O4S. The van der Waals surface area contributed by atoms with Crippen LogP contribution in [0, 0.1) is 0 Å². The molecule has 0 aliphatic rings. The van der Waals surface area contributed by atoms with Gasteiger partial charge >= 0.3 is 0 Å². The molecule has 0 spiro atoms. The van der Waals surface area contributed by atoms with E-state index >= 15 is 0 Å². The minimum atomic E-state index is -3.68. The van der Waals surface area contributed by atoms with Crippen molar-refractivity contribution in [2.24, 2.45) is 0 Å². The summed E-state index contributed by atoms with van der Waals surface area (Å²) >= 11 is 18.0. The van der Waals surface area contributed by atoms with Gasteiger partial charge in [-0.05, 0) is 44.2 Å². The second-order valence-electron chi connectivity index (χ2n) is 5.81. The maximum atomic E-state index is 12.1. The van der Waals surface area contributed by atoms with Crippen LogP contribution in [0.1, 0.15) is 13.8 Å². The number of carbonyl (C=O) groups is 1. The molecule has 1 amide bonds. The summed E-state index contributed by atoms with van der Waals surface area (Å²) in [6.45, 7) is 3.07. The number of nitrogens with one attached hydrogen (secondary N) is 2. The Bertz CT molecular complexity index is 949. The highest BCUT2D eigenvalue weighted by atomic mass is 35.5. The van der Waals surface area contributed by atoms with Gasteiger partial charge in [-0.25, -0.2) is 13.1 Å². The van der Waals surface area contributed by atoms with Crippen LogP contribution in [0.5, 0.6) is 5.75 Å². The zero-order valence-electron chi connectivity index (χ0n) is 14.4. The number of ether oxygens (including phenoxy) is 1. The first-order chi connectivity index (χ1) is 12.6. The molecule has 0 saturated carbocycles. The van der Waals surface area contributed by atoms with Gasteiger partial charge in [0, 0.05) is 6.04 Å². The second-order valence-corrected chi connectivity index (χ2v) is 8.71. The Morgan fingerprint density at radius 2 is 1.81 bits per heavy atom. The van der Waals surface area contributed by atoms with Crippen LogP contribution in [0.3, 0.4) is 0 Å². The predicted octanol–water partition coefficient (Wildman–Crippen LogP) is 4.35. The SMILES string of the molecule is CC(C)NS(=O)(=O)c1ccc(OCC(=O)Nc2cccc(Cl)c2Cl)c(Cl)c1. The molecule has 6 nitrogen and oxygen atoms in total. The summed E-state index contributed by atoms with van der Waals surface area (Å²) in [7, 11) is -3.68. The third kappa shape index (κ3) is 5.99. The molecule has 0 aliphatic heterocycles. The van der Waals surface area contributed by atoms with Crippen molar-refractivity contribution in [3.63, 3.8) is 0 Å². The van der Waals surface area contributed by atoms with Gasteiger partial charge in [0.05, 0.1) is 25.7 Å². The number of hydrogen-bond donors (Lipinski definition) is 2. The first-order valence-electron chi connectivity index (χ1n) is 7.78. The lowest BCUT2D eigenvalue weighted by atomic mass is 10.3. The Balaban J connectivity index is 2.04. The van der Waals surface area contributed by atoms with E-state index in [9.17, 15) is 13.2 Å². The van der Waals surface area contributed by atoms with Crippen LogP contribution in [0.4, 0.5) is 5.69 Å². The van der Waals surface area contributed by atoms with Crippen molar-refractivity contribution in [3.05, 3.63) is 51.5 Å². The fraction of sp³-hybridized carbons (Fsp3) is 0.235. The van der Waals surface area contributed by atoms with Gasteiger partial charge in [0.25, 0.3) is 5.91 Å². The molecule has 0 bridgehead atoms. The normalized spacial score (nSPS) is 11.5. The van der Waals surface area contributed by atoms with Crippen molar-refractivity contribution in [2.45, 2.75) is 24.8 Å². The van der Waals surface area contributed by atoms with Crippen molar-refractivity contribution in [1.29, 1.82) is 0 Å². The molecule has 0 fully saturated rings. The average Bonchev–Trinajstić information content (AvgIpc) is 2.56. The maximum Gasteiger partial charge on any atom is 0.262 e. The summed E-state index contributed by atoms with van der Waals surface area (Å²) in [6, 6.07) is 8.57. The lowest BCUT2D eigenvalue weighted by molar-refractivity contribution is -0.118. The van der Waals surface area contributed by atoms with E-state index in [2.05, 4.69) is 10.0 Å². The summed E-state index contributed by atoms with van der Waals surface area (Å²) in [5.74, 6) is -0.305. The minimum absolute atomic E-state index is 0.00344. The predicted molar refractivity (Wildman–Crippen MR) is 107 cm³/mol. The van der Waals surface area contributed by atoms with Gasteiger partial charge in [-0.2, -0.15) is 0 Å². The smallest absolute Gasteiger partial charge is 0.262 e. The molecule has 2 aromatic carbocycles. The quantitative estimate of drug-likeness (QED) is 0.655. The molecule has 2 rings (SSSR count). The highest BCUT2D eigenvalue weighted by Crippen LogP contribution is 2.30. The first kappa shape index (κ1) is 21.8. The van der Waals surface area contributed by atoms with Crippen LogP contribution in [0.25, 0.3) is 0 Å². The molecule has 27 heavy (non-hydrogen) atoms. The highest BCUT2D eigenvalue weighted by Gasteiger charge is 2.17. The van der Waals surface area contributed by atoms with Gasteiger partial charge in [-0.15, -0.1) is 0 Å². The van der Waals surface area contributed by atoms with Crippen LogP contribution in [-0.4, -0.2) is 27.0 Å². The number of carbonyl (C=O) groups excluding carboxylic acids is 1. The lowest BCUT2D eigenvalue weighted by Crippen LogP contribution is -2.30. The number of benzene rings is 2. The van der Waals surface area contributed by atoms with Gasteiger partial charge in [-0.3, -0.25) is 4.79 Å². The van der Waals surface area contributed by atoms with E-state index in [-0.39, 0.29) is 33.3 Å². The van der Waals surface area contributed by atoms with E-state index in [0.29, 0.717) is 10.7 Å². The van der Waals surface area contributed by atoms with Crippen LogP contribution in [-0.2, 0) is 14.8 Å². The molecule has 0 heterocycles. The number of rotatable bonds is 7. The fourth-order valence-corrected chi connectivity index (χ4v) is 4.00. The molecule has 2 N–H and O–H groups in total. The summed E-state index contributed by atoms with van der Waals surface area (Å²) in [6.07, 6.45) is 0. The molecule has 2 aromatic rings. The Morgan fingerprint density at radius 3 is 2.44 bits per heavy atom. The van der Waals surface area contributed by atoms with E-state index in [0.717, 1.165) is 0 Å². The average molecular weight is 452 g/mol. The van der Waals surface area contributed by atoms with Crippen LogP contribution in [0.2, 0.25) is 15.1 Å². The first-order valence-corrected chi connectivity index (χ1v) is 10.4. The zero-order valence-corrected chi connectivity index (χ0v) is 17.5. The second kappa shape index (κ2) is 9.12. The Labute approximate surface area is 172 Å². The largest absolute Gasteiger partial charge is 0.482 e. The molecule has 0 aliphatic carbocycles. The third-order valence-corrected chi connectivity index (χ3v) is 5.96. The number of sulfonamides is 1. The van der Waals surface area contributed by atoms with Gasteiger partial charge in [0.1, 0.15) is 5.75 Å². The standard InChI is InChI=1S/C17H17Cl3N2O4S/c1-10(2)22-27(24,25)11-6-7-15(13(19)8-11)26-9-16(23)21-14-5-3-4-12(18)17(14)20/h3-8,10,22H,9H2,1-2H3,(H,21,23). The summed E-state index contributed by atoms with van der Waals surface area (Å²) in [4.78, 5) is 12.0. The molecule has 0 aromatic heterocycles. The number of anilines is 1.